The zero-order valence-electron chi connectivity index (χ0n) is 15.7. The number of hydrogen-bond donors (Lipinski definition) is 1. The zero-order chi connectivity index (χ0) is 18.6. The van der Waals surface area contributed by atoms with Gasteiger partial charge in [-0.3, -0.25) is 0 Å². The molecule has 2 aliphatic rings. The first kappa shape index (κ1) is 18.1. The Morgan fingerprint density at radius 2 is 2.04 bits per heavy atom. The monoisotopic (exact) mass is 387 g/mol. The molecule has 0 bridgehead atoms. The van der Waals surface area contributed by atoms with Crippen molar-refractivity contribution in [1.82, 2.24) is 25.0 Å². The summed E-state index contributed by atoms with van der Waals surface area (Å²) < 4.78 is 2.21. The van der Waals surface area contributed by atoms with E-state index in [9.17, 15) is 0 Å². The van der Waals surface area contributed by atoms with Gasteiger partial charge in [0, 0.05) is 56.4 Å². The first-order valence-electron chi connectivity index (χ1n) is 9.69. The van der Waals surface area contributed by atoms with Gasteiger partial charge in [-0.15, -0.1) is 10.2 Å². The van der Waals surface area contributed by atoms with Crippen molar-refractivity contribution < 1.29 is 0 Å². The second kappa shape index (κ2) is 8.17. The normalized spacial score (nSPS) is 17.3. The quantitative estimate of drug-likeness (QED) is 0.643. The molecule has 0 atom stereocenters. The maximum absolute atomic E-state index is 6.14. The Bertz CT molecular complexity index is 808. The van der Waals surface area contributed by atoms with Gasteiger partial charge in [-0.2, -0.15) is 0 Å². The first-order valence-corrected chi connectivity index (χ1v) is 10.1. The van der Waals surface area contributed by atoms with E-state index >= 15 is 0 Å². The van der Waals surface area contributed by atoms with Gasteiger partial charge in [0.1, 0.15) is 12.4 Å². The predicted molar refractivity (Wildman–Crippen MR) is 108 cm³/mol. The van der Waals surface area contributed by atoms with Gasteiger partial charge >= 0.3 is 0 Å². The number of aliphatic imine (C=N–C) groups is 1. The minimum absolute atomic E-state index is 0.573. The van der Waals surface area contributed by atoms with E-state index in [-0.39, 0.29) is 0 Å². The molecular formula is C19H26ClN7. The van der Waals surface area contributed by atoms with Crippen molar-refractivity contribution in [3.05, 3.63) is 40.9 Å². The third-order valence-corrected chi connectivity index (χ3v) is 5.38. The van der Waals surface area contributed by atoms with Crippen LogP contribution < -0.4 is 10.2 Å². The summed E-state index contributed by atoms with van der Waals surface area (Å²) in [6, 6.07) is 8.07. The van der Waals surface area contributed by atoms with Gasteiger partial charge in [-0.1, -0.05) is 17.7 Å². The number of rotatable bonds is 4. The Morgan fingerprint density at radius 3 is 2.81 bits per heavy atom. The van der Waals surface area contributed by atoms with Crippen molar-refractivity contribution in [2.24, 2.45) is 4.99 Å². The van der Waals surface area contributed by atoms with Crippen LogP contribution in [0.25, 0.3) is 0 Å². The number of piperazine rings is 1. The van der Waals surface area contributed by atoms with Crippen molar-refractivity contribution in [3.8, 4) is 0 Å². The van der Waals surface area contributed by atoms with Gasteiger partial charge in [-0.05, 0) is 31.5 Å². The summed E-state index contributed by atoms with van der Waals surface area (Å²) in [7, 11) is 0. The van der Waals surface area contributed by atoms with E-state index < -0.39 is 0 Å². The lowest BCUT2D eigenvalue weighted by Crippen LogP contribution is -2.52. The van der Waals surface area contributed by atoms with Crippen molar-refractivity contribution in [1.29, 1.82) is 0 Å². The fourth-order valence-corrected chi connectivity index (χ4v) is 3.93. The summed E-state index contributed by atoms with van der Waals surface area (Å²) in [4.78, 5) is 9.54. The first-order chi connectivity index (χ1) is 13.2. The number of anilines is 1. The fourth-order valence-electron chi connectivity index (χ4n) is 3.75. The minimum atomic E-state index is 0.573. The van der Waals surface area contributed by atoms with E-state index in [0.29, 0.717) is 6.54 Å². The van der Waals surface area contributed by atoms with Crippen molar-refractivity contribution in [2.75, 3.05) is 37.6 Å². The molecule has 0 spiro atoms. The van der Waals surface area contributed by atoms with Gasteiger partial charge < -0.3 is 19.7 Å². The van der Waals surface area contributed by atoms with E-state index in [2.05, 4.69) is 42.9 Å². The molecular weight excluding hydrogens is 362 g/mol. The third kappa shape index (κ3) is 4.03. The number of aromatic nitrogens is 3. The Labute approximate surface area is 165 Å². The highest BCUT2D eigenvalue weighted by molar-refractivity contribution is 6.30. The number of nitrogens with zero attached hydrogens (tertiary/aromatic N) is 6. The fraction of sp³-hybridized carbons (Fsp3) is 0.526. The lowest BCUT2D eigenvalue weighted by atomic mass is 10.2. The topological polar surface area (TPSA) is 61.6 Å². The standard InChI is InChI=1S/C19H26ClN7/c1-2-21-19(22-14-18-24-23-17-7-4-8-27(17)18)26-11-9-25(10-12-26)16-6-3-5-15(20)13-16/h3,5-6,13H,2,4,7-12,14H2,1H3,(H,21,22). The number of fused-ring (bicyclic) bond motifs is 1. The average molecular weight is 388 g/mol. The molecule has 8 heteroatoms. The maximum atomic E-state index is 6.14. The molecule has 1 aromatic heterocycles. The molecule has 0 unspecified atom stereocenters. The van der Waals surface area contributed by atoms with Crippen LogP contribution in [0.1, 0.15) is 25.0 Å². The highest BCUT2D eigenvalue weighted by Gasteiger charge is 2.21. The second-order valence-corrected chi connectivity index (χ2v) is 7.35. The Hall–Kier alpha value is -2.28. The molecule has 27 heavy (non-hydrogen) atoms. The van der Waals surface area contributed by atoms with Crippen LogP contribution in [0, 0.1) is 0 Å². The molecule has 0 amide bonds. The van der Waals surface area contributed by atoms with Crippen LogP contribution in [0.5, 0.6) is 0 Å². The van der Waals surface area contributed by atoms with Crippen LogP contribution in [-0.4, -0.2) is 58.3 Å². The molecule has 7 nitrogen and oxygen atoms in total. The highest BCUT2D eigenvalue weighted by Crippen LogP contribution is 2.21. The van der Waals surface area contributed by atoms with Gasteiger partial charge in [0.25, 0.3) is 0 Å². The van der Waals surface area contributed by atoms with Crippen LogP contribution in [-0.2, 0) is 19.5 Å². The minimum Gasteiger partial charge on any atom is -0.368 e. The summed E-state index contributed by atoms with van der Waals surface area (Å²) in [5, 5.41) is 12.8. The Balaban J connectivity index is 1.40. The molecule has 0 aliphatic carbocycles. The lowest BCUT2D eigenvalue weighted by Gasteiger charge is -2.37. The molecule has 4 rings (SSSR count). The van der Waals surface area contributed by atoms with Crippen LogP contribution in [0.2, 0.25) is 5.02 Å². The van der Waals surface area contributed by atoms with Crippen molar-refractivity contribution in [3.63, 3.8) is 0 Å². The van der Waals surface area contributed by atoms with E-state index in [1.54, 1.807) is 0 Å². The highest BCUT2D eigenvalue weighted by atomic mass is 35.5. The second-order valence-electron chi connectivity index (χ2n) is 6.91. The number of guanidine groups is 1. The van der Waals surface area contributed by atoms with Gasteiger partial charge in [0.05, 0.1) is 0 Å². The number of hydrogen-bond acceptors (Lipinski definition) is 4. The number of nitrogens with one attached hydrogen (secondary N) is 1. The van der Waals surface area contributed by atoms with Crippen LogP contribution in [0.4, 0.5) is 5.69 Å². The van der Waals surface area contributed by atoms with E-state index in [1.165, 1.54) is 5.69 Å². The molecule has 144 valence electrons. The average Bonchev–Trinajstić information content (AvgIpc) is 3.30. The molecule has 2 aromatic rings. The molecule has 2 aliphatic heterocycles. The molecule has 3 heterocycles. The van der Waals surface area contributed by atoms with Gasteiger partial charge in [-0.25, -0.2) is 4.99 Å². The summed E-state index contributed by atoms with van der Waals surface area (Å²) >= 11 is 6.14. The molecule has 1 N–H and O–H groups in total. The van der Waals surface area contributed by atoms with E-state index in [4.69, 9.17) is 16.6 Å². The number of halogens is 1. The van der Waals surface area contributed by atoms with Crippen LogP contribution in [0.15, 0.2) is 29.3 Å². The summed E-state index contributed by atoms with van der Waals surface area (Å²) in [6.07, 6.45) is 2.19. The molecule has 0 saturated carbocycles. The largest absolute Gasteiger partial charge is 0.368 e. The van der Waals surface area contributed by atoms with E-state index in [0.717, 1.165) is 74.7 Å². The zero-order valence-corrected chi connectivity index (χ0v) is 16.5. The number of aryl methyl sites for hydroxylation is 1. The molecule has 1 aromatic carbocycles. The summed E-state index contributed by atoms with van der Waals surface area (Å²) in [6.45, 7) is 8.30. The smallest absolute Gasteiger partial charge is 0.194 e. The Kier molecular flexibility index (Phi) is 5.48. The van der Waals surface area contributed by atoms with E-state index in [1.807, 2.05) is 18.2 Å². The maximum Gasteiger partial charge on any atom is 0.194 e. The molecule has 1 fully saturated rings. The Morgan fingerprint density at radius 1 is 1.19 bits per heavy atom. The van der Waals surface area contributed by atoms with Gasteiger partial charge in [0.2, 0.25) is 0 Å². The predicted octanol–water partition coefficient (Wildman–Crippen LogP) is 2.17. The van der Waals surface area contributed by atoms with Crippen LogP contribution in [0.3, 0.4) is 0 Å². The van der Waals surface area contributed by atoms with Gasteiger partial charge in [0.15, 0.2) is 11.8 Å². The summed E-state index contributed by atoms with van der Waals surface area (Å²) in [5.41, 5.74) is 1.18. The summed E-state index contributed by atoms with van der Waals surface area (Å²) in [5.74, 6) is 3.02. The SMILES string of the molecule is CCNC(=NCc1nnc2n1CCC2)N1CCN(c2cccc(Cl)c2)CC1. The third-order valence-electron chi connectivity index (χ3n) is 5.14. The van der Waals surface area contributed by atoms with Crippen LogP contribution >= 0.6 is 11.6 Å². The lowest BCUT2D eigenvalue weighted by molar-refractivity contribution is 0.372. The van der Waals surface area contributed by atoms with Crippen molar-refractivity contribution >= 4 is 23.2 Å². The molecule has 0 radical (unpaired) electrons. The number of benzene rings is 1. The molecule has 1 saturated heterocycles. The van der Waals surface area contributed by atoms with Crippen molar-refractivity contribution in [2.45, 2.75) is 32.9 Å².